The Morgan fingerprint density at radius 2 is 1.95 bits per heavy atom. The molecule has 0 saturated heterocycles. The zero-order chi connectivity index (χ0) is 13.2. The van der Waals surface area contributed by atoms with Gasteiger partial charge in [-0.2, -0.15) is 0 Å². The molecule has 0 amide bonds. The highest BCUT2D eigenvalue weighted by molar-refractivity contribution is 5.84. The average Bonchev–Trinajstić information content (AvgIpc) is 2.87. The number of fused-ring (bicyclic) bond motifs is 1. The van der Waals surface area contributed by atoms with Gasteiger partial charge in [0.15, 0.2) is 5.69 Å². The highest BCUT2D eigenvalue weighted by Crippen LogP contribution is 2.28. The van der Waals surface area contributed by atoms with E-state index in [9.17, 15) is 4.79 Å². The van der Waals surface area contributed by atoms with Gasteiger partial charge in [-0.25, -0.2) is 4.79 Å². The molecular formula is C14H12N2O3. The average molecular weight is 256 g/mol. The first kappa shape index (κ1) is 11.6. The lowest BCUT2D eigenvalue weighted by atomic mass is 10.1. The molecule has 3 rings (SSSR count). The number of aromatic carboxylic acids is 1. The smallest absolute Gasteiger partial charge is 0.356 e. The molecule has 1 aromatic heterocycles. The Bertz CT molecular complexity index is 623. The number of carbonyl (C=O) groups is 1. The van der Waals surface area contributed by atoms with Gasteiger partial charge in [0.1, 0.15) is 5.75 Å². The van der Waals surface area contributed by atoms with Gasteiger partial charge in [0.05, 0.1) is 0 Å². The van der Waals surface area contributed by atoms with Crippen molar-refractivity contribution in [2.45, 2.75) is 19.3 Å². The van der Waals surface area contributed by atoms with Gasteiger partial charge in [0, 0.05) is 6.07 Å². The fraction of sp³-hybridized carbons (Fsp3) is 0.214. The molecule has 5 nitrogen and oxygen atoms in total. The summed E-state index contributed by atoms with van der Waals surface area (Å²) in [4.78, 5) is 10.7. The normalized spacial score (nSPS) is 13.1. The second-order valence-corrected chi connectivity index (χ2v) is 4.45. The van der Waals surface area contributed by atoms with Crippen LogP contribution in [0, 0.1) is 0 Å². The van der Waals surface area contributed by atoms with Crippen LogP contribution in [0.5, 0.6) is 11.6 Å². The van der Waals surface area contributed by atoms with E-state index in [2.05, 4.69) is 16.3 Å². The lowest BCUT2D eigenvalue weighted by molar-refractivity contribution is 0.0689. The van der Waals surface area contributed by atoms with Crippen LogP contribution >= 0.6 is 0 Å². The second kappa shape index (κ2) is 4.68. The zero-order valence-electron chi connectivity index (χ0n) is 10.2. The van der Waals surface area contributed by atoms with Crippen molar-refractivity contribution in [3.8, 4) is 11.6 Å². The SMILES string of the molecule is O=C(O)c1ccc(Oc2ccc3c(c2)CCC3)nn1. The Hall–Kier alpha value is -2.43. The maximum Gasteiger partial charge on any atom is 0.356 e. The van der Waals surface area contributed by atoms with Crippen molar-refractivity contribution in [2.24, 2.45) is 0 Å². The van der Waals surface area contributed by atoms with Crippen molar-refractivity contribution in [3.05, 3.63) is 47.2 Å². The standard InChI is InChI=1S/C14H12N2O3/c17-14(18)12-6-7-13(16-15-12)19-11-5-4-9-2-1-3-10(9)8-11/h4-8H,1-3H2,(H,17,18). The molecule has 0 fully saturated rings. The lowest BCUT2D eigenvalue weighted by Gasteiger charge is -2.06. The number of nitrogens with zero attached hydrogens (tertiary/aromatic N) is 2. The quantitative estimate of drug-likeness (QED) is 0.913. The molecule has 19 heavy (non-hydrogen) atoms. The minimum Gasteiger partial charge on any atom is -0.476 e. The largest absolute Gasteiger partial charge is 0.476 e. The fourth-order valence-electron chi connectivity index (χ4n) is 2.22. The monoisotopic (exact) mass is 256 g/mol. The number of aryl methyl sites for hydroxylation is 2. The third-order valence-electron chi connectivity index (χ3n) is 3.15. The third kappa shape index (κ3) is 2.40. The number of ether oxygens (including phenoxy) is 1. The van der Waals surface area contributed by atoms with Gasteiger partial charge >= 0.3 is 5.97 Å². The van der Waals surface area contributed by atoms with Crippen LogP contribution in [0.4, 0.5) is 0 Å². The summed E-state index contributed by atoms with van der Waals surface area (Å²) in [6.45, 7) is 0. The topological polar surface area (TPSA) is 72.3 Å². The van der Waals surface area contributed by atoms with Gasteiger partial charge in [-0.15, -0.1) is 10.2 Å². The molecule has 0 atom stereocenters. The Morgan fingerprint density at radius 1 is 1.11 bits per heavy atom. The predicted octanol–water partition coefficient (Wildman–Crippen LogP) is 2.46. The Kier molecular flexibility index (Phi) is 2.87. The Morgan fingerprint density at radius 3 is 2.68 bits per heavy atom. The van der Waals surface area contributed by atoms with E-state index in [-0.39, 0.29) is 5.69 Å². The van der Waals surface area contributed by atoms with E-state index in [1.807, 2.05) is 12.1 Å². The number of carboxylic acids is 1. The molecule has 0 aliphatic heterocycles. The summed E-state index contributed by atoms with van der Waals surface area (Å²) in [5.41, 5.74) is 2.59. The van der Waals surface area contributed by atoms with Crippen LogP contribution < -0.4 is 4.74 Å². The number of aromatic nitrogens is 2. The van der Waals surface area contributed by atoms with Gasteiger partial charge in [-0.1, -0.05) is 6.07 Å². The molecule has 0 unspecified atom stereocenters. The highest BCUT2D eigenvalue weighted by atomic mass is 16.5. The van der Waals surface area contributed by atoms with Gasteiger partial charge in [0.2, 0.25) is 5.88 Å². The van der Waals surface area contributed by atoms with E-state index in [1.54, 1.807) is 0 Å². The van der Waals surface area contributed by atoms with Gasteiger partial charge in [0.25, 0.3) is 0 Å². The summed E-state index contributed by atoms with van der Waals surface area (Å²) in [6, 6.07) is 8.85. The van der Waals surface area contributed by atoms with Crippen LogP contribution in [0.15, 0.2) is 30.3 Å². The van der Waals surface area contributed by atoms with Gasteiger partial charge < -0.3 is 9.84 Å². The molecule has 2 aromatic rings. The molecule has 96 valence electrons. The van der Waals surface area contributed by atoms with E-state index < -0.39 is 5.97 Å². The van der Waals surface area contributed by atoms with Crippen molar-refractivity contribution < 1.29 is 14.6 Å². The van der Waals surface area contributed by atoms with Gasteiger partial charge in [-0.3, -0.25) is 0 Å². The first-order valence-corrected chi connectivity index (χ1v) is 6.09. The summed E-state index contributed by atoms with van der Waals surface area (Å²) in [5, 5.41) is 16.0. The molecule has 0 saturated carbocycles. The first-order chi connectivity index (χ1) is 9.22. The van der Waals surface area contributed by atoms with Crippen LogP contribution in [-0.2, 0) is 12.8 Å². The number of rotatable bonds is 3. The molecule has 0 spiro atoms. The Balaban J connectivity index is 1.79. The van der Waals surface area contributed by atoms with Crippen LogP contribution in [0.3, 0.4) is 0 Å². The molecule has 1 N–H and O–H groups in total. The van der Waals surface area contributed by atoms with E-state index in [4.69, 9.17) is 9.84 Å². The molecule has 1 aliphatic rings. The molecule has 0 bridgehead atoms. The van der Waals surface area contributed by atoms with E-state index in [0.717, 1.165) is 12.8 Å². The summed E-state index contributed by atoms with van der Waals surface area (Å²) < 4.78 is 5.57. The van der Waals surface area contributed by atoms with Crippen LogP contribution in [-0.4, -0.2) is 21.3 Å². The lowest BCUT2D eigenvalue weighted by Crippen LogP contribution is -2.02. The molecule has 5 heteroatoms. The zero-order valence-corrected chi connectivity index (χ0v) is 10.2. The number of hydrogen-bond acceptors (Lipinski definition) is 4. The van der Waals surface area contributed by atoms with Crippen LogP contribution in [0.1, 0.15) is 28.0 Å². The molecule has 0 radical (unpaired) electrons. The maximum atomic E-state index is 10.7. The van der Waals surface area contributed by atoms with E-state index in [1.165, 1.54) is 29.7 Å². The van der Waals surface area contributed by atoms with Crippen LogP contribution in [0.25, 0.3) is 0 Å². The van der Waals surface area contributed by atoms with Crippen LogP contribution in [0.2, 0.25) is 0 Å². The molecular weight excluding hydrogens is 244 g/mol. The van der Waals surface area contributed by atoms with Crippen molar-refractivity contribution in [1.82, 2.24) is 10.2 Å². The number of hydrogen-bond donors (Lipinski definition) is 1. The van der Waals surface area contributed by atoms with Crippen molar-refractivity contribution >= 4 is 5.97 Å². The van der Waals surface area contributed by atoms with Crippen molar-refractivity contribution in [1.29, 1.82) is 0 Å². The molecule has 1 aliphatic carbocycles. The summed E-state index contributed by atoms with van der Waals surface area (Å²) >= 11 is 0. The second-order valence-electron chi connectivity index (χ2n) is 4.45. The Labute approximate surface area is 109 Å². The fourth-order valence-corrected chi connectivity index (χ4v) is 2.22. The maximum absolute atomic E-state index is 10.7. The molecule has 1 aromatic carbocycles. The van der Waals surface area contributed by atoms with E-state index in [0.29, 0.717) is 11.6 Å². The minimum absolute atomic E-state index is 0.0960. The minimum atomic E-state index is -1.10. The van der Waals surface area contributed by atoms with Gasteiger partial charge in [-0.05, 0) is 48.6 Å². The van der Waals surface area contributed by atoms with E-state index >= 15 is 0 Å². The summed E-state index contributed by atoms with van der Waals surface area (Å²) in [5.74, 6) is -0.0995. The summed E-state index contributed by atoms with van der Waals surface area (Å²) in [7, 11) is 0. The summed E-state index contributed by atoms with van der Waals surface area (Å²) in [6.07, 6.45) is 3.39. The first-order valence-electron chi connectivity index (χ1n) is 6.09. The number of carboxylic acid groups (broad SMARTS) is 1. The highest BCUT2D eigenvalue weighted by Gasteiger charge is 2.12. The third-order valence-corrected chi connectivity index (χ3v) is 3.15. The molecule has 1 heterocycles. The van der Waals surface area contributed by atoms with Crippen molar-refractivity contribution in [2.75, 3.05) is 0 Å². The predicted molar refractivity (Wildman–Crippen MR) is 67.5 cm³/mol. The van der Waals surface area contributed by atoms with Crippen molar-refractivity contribution in [3.63, 3.8) is 0 Å². The number of benzene rings is 1.